The molecule has 2 aromatic heterocycles. The van der Waals surface area contributed by atoms with Gasteiger partial charge in [0.05, 0.1) is 23.6 Å². The molecule has 0 saturated carbocycles. The number of aryl methyl sites for hydroxylation is 1. The zero-order chi connectivity index (χ0) is 23.3. The van der Waals surface area contributed by atoms with E-state index in [1.807, 2.05) is 0 Å². The lowest BCUT2D eigenvalue weighted by Gasteiger charge is -2.36. The fourth-order valence-electron chi connectivity index (χ4n) is 3.77. The monoisotopic (exact) mass is 480 g/mol. The van der Waals surface area contributed by atoms with Crippen LogP contribution in [0.3, 0.4) is 0 Å². The highest BCUT2D eigenvalue weighted by molar-refractivity contribution is 7.94. The largest absolute Gasteiger partial charge is 0.343 e. The second-order valence-electron chi connectivity index (χ2n) is 7.55. The summed E-state index contributed by atoms with van der Waals surface area (Å²) in [6.07, 6.45) is 1.60. The Kier molecular flexibility index (Phi) is 4.95. The zero-order valence-corrected chi connectivity index (χ0v) is 18.9. The summed E-state index contributed by atoms with van der Waals surface area (Å²) in [7, 11) is -4.19. The average Bonchev–Trinajstić information content (AvgIpc) is 2.79. The lowest BCUT2D eigenvalue weighted by Crippen LogP contribution is -2.50. The lowest BCUT2D eigenvalue weighted by molar-refractivity contribution is 0.253. The Hall–Kier alpha value is -3.69. The van der Waals surface area contributed by atoms with E-state index in [-0.39, 0.29) is 28.4 Å². The van der Waals surface area contributed by atoms with E-state index in [2.05, 4.69) is 4.98 Å². The van der Waals surface area contributed by atoms with Crippen LogP contribution in [0.5, 0.6) is 0 Å². The first kappa shape index (κ1) is 21.2. The third-order valence-electron chi connectivity index (χ3n) is 5.41. The van der Waals surface area contributed by atoms with Gasteiger partial charge in [0, 0.05) is 17.3 Å². The number of pyridine rings is 1. The number of hydrogen-bond donors (Lipinski definition) is 0. The molecule has 0 fully saturated rings. The Labute approximate surface area is 194 Å². The molecular weight excluding hydrogens is 464 g/mol. The van der Waals surface area contributed by atoms with Crippen LogP contribution in [-0.4, -0.2) is 23.8 Å². The molecule has 0 radical (unpaired) electrons. The highest BCUT2D eigenvalue weighted by Gasteiger charge is 2.42. The molecule has 0 N–H and O–H groups in total. The van der Waals surface area contributed by atoms with Crippen molar-refractivity contribution in [3.8, 4) is 0 Å². The van der Waals surface area contributed by atoms with Gasteiger partial charge >= 0.3 is 6.03 Å². The van der Waals surface area contributed by atoms with Crippen molar-refractivity contribution in [2.24, 2.45) is 0 Å². The molecule has 0 aliphatic carbocycles. The summed E-state index contributed by atoms with van der Waals surface area (Å²) in [6.45, 7) is 1.69. The molecule has 1 aliphatic heterocycles. The summed E-state index contributed by atoms with van der Waals surface area (Å²) >= 11 is 6.22. The molecule has 4 aromatic rings. The van der Waals surface area contributed by atoms with E-state index >= 15 is 0 Å². The van der Waals surface area contributed by atoms with Crippen LogP contribution < -0.4 is 14.8 Å². The molecule has 3 heterocycles. The van der Waals surface area contributed by atoms with Gasteiger partial charge in [-0.05, 0) is 48.9 Å². The van der Waals surface area contributed by atoms with E-state index < -0.39 is 16.1 Å². The number of urea groups is 1. The summed E-state index contributed by atoms with van der Waals surface area (Å²) in [4.78, 5) is 31.8. The van der Waals surface area contributed by atoms with E-state index in [0.29, 0.717) is 16.4 Å². The smallest absolute Gasteiger partial charge is 0.286 e. The molecule has 8 nitrogen and oxygen atoms in total. The van der Waals surface area contributed by atoms with Gasteiger partial charge in [-0.25, -0.2) is 18.2 Å². The van der Waals surface area contributed by atoms with Crippen molar-refractivity contribution < 1.29 is 13.2 Å². The van der Waals surface area contributed by atoms with Gasteiger partial charge in [0.15, 0.2) is 0 Å². The number of carbonyl (C=O) groups excluding carboxylic acids is 1. The highest BCUT2D eigenvalue weighted by atomic mass is 35.5. The number of fused-ring (bicyclic) bond motifs is 2. The van der Waals surface area contributed by atoms with Gasteiger partial charge in [0.25, 0.3) is 15.6 Å². The number of nitrogens with zero attached hydrogens (tertiary/aromatic N) is 4. The molecule has 0 atom stereocenters. The van der Waals surface area contributed by atoms with Crippen LogP contribution in [0.1, 0.15) is 11.3 Å². The molecule has 5 rings (SSSR count). The number of para-hydroxylation sites is 1. The van der Waals surface area contributed by atoms with Gasteiger partial charge in [-0.1, -0.05) is 35.9 Å². The SMILES string of the molecule is Cc1ccc(N2C(=O)N(Cc3cc(=O)n4ccccc4n3)c3ccccc3S2(=O)=O)cc1Cl. The zero-order valence-electron chi connectivity index (χ0n) is 17.3. The predicted molar refractivity (Wildman–Crippen MR) is 125 cm³/mol. The summed E-state index contributed by atoms with van der Waals surface area (Å²) in [5.74, 6) is 0. The molecule has 2 aromatic carbocycles. The quantitative estimate of drug-likeness (QED) is 0.442. The first-order valence-electron chi connectivity index (χ1n) is 9.97. The van der Waals surface area contributed by atoms with Crippen LogP contribution in [0.4, 0.5) is 16.2 Å². The molecule has 0 spiro atoms. The second-order valence-corrected chi connectivity index (χ2v) is 9.72. The van der Waals surface area contributed by atoms with E-state index in [0.717, 1.165) is 9.87 Å². The van der Waals surface area contributed by atoms with E-state index in [1.54, 1.807) is 55.6 Å². The van der Waals surface area contributed by atoms with Gasteiger partial charge in [-0.3, -0.25) is 14.1 Å². The van der Waals surface area contributed by atoms with Gasteiger partial charge in [0.1, 0.15) is 10.5 Å². The molecule has 1 aliphatic rings. The average molecular weight is 481 g/mol. The normalized spacial score (nSPS) is 15.0. The number of hydrogen-bond acceptors (Lipinski definition) is 5. The Morgan fingerprint density at radius 2 is 1.73 bits per heavy atom. The number of halogens is 1. The molecular formula is C23H17ClN4O4S. The number of carbonyl (C=O) groups is 1. The van der Waals surface area contributed by atoms with Crippen LogP contribution in [0.15, 0.2) is 82.6 Å². The third kappa shape index (κ3) is 3.46. The number of rotatable bonds is 3. The molecule has 0 bridgehead atoms. The van der Waals surface area contributed by atoms with E-state index in [4.69, 9.17) is 11.6 Å². The van der Waals surface area contributed by atoms with Gasteiger partial charge in [-0.2, -0.15) is 4.31 Å². The van der Waals surface area contributed by atoms with Crippen LogP contribution in [0, 0.1) is 6.92 Å². The van der Waals surface area contributed by atoms with Crippen molar-refractivity contribution in [2.75, 3.05) is 9.21 Å². The maximum atomic E-state index is 13.6. The van der Waals surface area contributed by atoms with Crippen LogP contribution in [0.2, 0.25) is 5.02 Å². The number of benzene rings is 2. The minimum absolute atomic E-state index is 0.0289. The van der Waals surface area contributed by atoms with E-state index in [9.17, 15) is 18.0 Å². The Bertz CT molecular complexity index is 1600. The number of amides is 2. The number of aromatic nitrogens is 2. The first-order valence-corrected chi connectivity index (χ1v) is 11.8. The van der Waals surface area contributed by atoms with Gasteiger partial charge in [0.2, 0.25) is 0 Å². The van der Waals surface area contributed by atoms with Crippen LogP contribution in [0.25, 0.3) is 5.65 Å². The topological polar surface area (TPSA) is 92.1 Å². The minimum atomic E-state index is -4.19. The van der Waals surface area contributed by atoms with Crippen molar-refractivity contribution in [1.29, 1.82) is 0 Å². The third-order valence-corrected chi connectivity index (χ3v) is 7.57. The molecule has 2 amide bonds. The first-order chi connectivity index (χ1) is 15.8. The molecule has 33 heavy (non-hydrogen) atoms. The minimum Gasteiger partial charge on any atom is -0.286 e. The summed E-state index contributed by atoms with van der Waals surface area (Å²) in [5.41, 5.74) is 1.54. The predicted octanol–water partition coefficient (Wildman–Crippen LogP) is 3.99. The van der Waals surface area contributed by atoms with Crippen LogP contribution >= 0.6 is 11.6 Å². The fraction of sp³-hybridized carbons (Fsp3) is 0.0870. The van der Waals surface area contributed by atoms with E-state index in [1.165, 1.54) is 33.6 Å². The van der Waals surface area contributed by atoms with Gasteiger partial charge in [-0.15, -0.1) is 0 Å². The number of anilines is 2. The van der Waals surface area contributed by atoms with Crippen LogP contribution in [-0.2, 0) is 16.6 Å². The fourth-order valence-corrected chi connectivity index (χ4v) is 5.53. The lowest BCUT2D eigenvalue weighted by atomic mass is 10.2. The molecule has 0 saturated heterocycles. The summed E-state index contributed by atoms with van der Waals surface area (Å²) in [6, 6.07) is 16.6. The number of sulfonamides is 1. The summed E-state index contributed by atoms with van der Waals surface area (Å²) < 4.78 is 28.9. The maximum Gasteiger partial charge on any atom is 0.343 e. The standard InChI is InChI=1S/C23H17ClN4O4S/c1-15-9-10-17(13-18(15)24)28-23(30)27(19-6-2-3-7-20(19)33(28,31)32)14-16-12-22(29)26-11-5-4-8-21(26)25-16/h2-13H,14H2,1H3. The second kappa shape index (κ2) is 7.72. The molecule has 10 heteroatoms. The Morgan fingerprint density at radius 1 is 0.970 bits per heavy atom. The van der Waals surface area contributed by atoms with Crippen molar-refractivity contribution in [3.05, 3.63) is 99.6 Å². The Morgan fingerprint density at radius 3 is 2.52 bits per heavy atom. The van der Waals surface area contributed by atoms with Crippen molar-refractivity contribution in [3.63, 3.8) is 0 Å². The van der Waals surface area contributed by atoms with Crippen molar-refractivity contribution in [1.82, 2.24) is 9.38 Å². The van der Waals surface area contributed by atoms with Crippen molar-refractivity contribution >= 4 is 44.7 Å². The van der Waals surface area contributed by atoms with Gasteiger partial charge < -0.3 is 0 Å². The molecule has 0 unspecified atom stereocenters. The highest BCUT2D eigenvalue weighted by Crippen LogP contribution is 2.38. The Balaban J connectivity index is 1.66. The molecule has 166 valence electrons. The maximum absolute atomic E-state index is 13.6. The van der Waals surface area contributed by atoms with Crippen molar-refractivity contribution in [2.45, 2.75) is 18.4 Å². The summed E-state index contributed by atoms with van der Waals surface area (Å²) in [5, 5.41) is 0.338.